The first kappa shape index (κ1) is 15.3. The summed E-state index contributed by atoms with van der Waals surface area (Å²) in [7, 11) is 0. The van der Waals surface area contributed by atoms with E-state index in [9.17, 15) is 4.79 Å². The molecule has 0 heterocycles. The molecule has 2 bridgehead atoms. The lowest BCUT2D eigenvalue weighted by molar-refractivity contribution is 0.0756. The van der Waals surface area contributed by atoms with E-state index in [0.29, 0.717) is 23.9 Å². The van der Waals surface area contributed by atoms with E-state index in [4.69, 9.17) is 5.73 Å². The van der Waals surface area contributed by atoms with Gasteiger partial charge >= 0.3 is 0 Å². The zero-order valence-electron chi connectivity index (χ0n) is 11.6. The molecule has 3 N–H and O–H groups in total. The maximum absolute atomic E-state index is 12.3. The average molecular weight is 295 g/mol. The fourth-order valence-corrected chi connectivity index (χ4v) is 3.85. The molecule has 1 aromatic carbocycles. The summed E-state index contributed by atoms with van der Waals surface area (Å²) in [5.74, 6) is 1.23. The Balaban J connectivity index is 0.00000147. The van der Waals surface area contributed by atoms with E-state index in [2.05, 4.69) is 5.32 Å². The van der Waals surface area contributed by atoms with Gasteiger partial charge in [-0.25, -0.2) is 0 Å². The van der Waals surface area contributed by atoms with Crippen LogP contribution in [0, 0.1) is 11.8 Å². The summed E-state index contributed by atoms with van der Waals surface area (Å²) in [5.41, 5.74) is 6.88. The molecule has 0 saturated heterocycles. The Kier molecular flexibility index (Phi) is 5.06. The molecule has 3 nitrogen and oxygen atoms in total. The van der Waals surface area contributed by atoms with Crippen LogP contribution in [0.5, 0.6) is 0 Å². The third-order valence-electron chi connectivity index (χ3n) is 4.71. The first-order chi connectivity index (χ1) is 9.24. The molecule has 2 fully saturated rings. The summed E-state index contributed by atoms with van der Waals surface area (Å²) in [4.78, 5) is 12.3. The normalized spacial score (nSPS) is 32.0. The van der Waals surface area contributed by atoms with Gasteiger partial charge in [0.25, 0.3) is 5.91 Å². The Morgan fingerprint density at radius 2 is 1.70 bits per heavy atom. The molecule has 2 atom stereocenters. The second kappa shape index (κ2) is 6.59. The van der Waals surface area contributed by atoms with Crippen LogP contribution < -0.4 is 11.1 Å². The Bertz CT molecular complexity index is 437. The first-order valence-electron chi connectivity index (χ1n) is 7.35. The minimum absolute atomic E-state index is 0. The number of carbonyl (C=O) groups excluding carboxylic acids is 1. The topological polar surface area (TPSA) is 55.1 Å². The zero-order chi connectivity index (χ0) is 13.2. The van der Waals surface area contributed by atoms with Gasteiger partial charge in [-0.05, 0) is 49.7 Å². The second-order valence-corrected chi connectivity index (χ2v) is 6.05. The van der Waals surface area contributed by atoms with Crippen LogP contribution in [0.2, 0.25) is 0 Å². The molecule has 1 aromatic rings. The maximum Gasteiger partial charge on any atom is 0.251 e. The molecule has 0 spiro atoms. The van der Waals surface area contributed by atoms with E-state index in [1.54, 1.807) is 0 Å². The van der Waals surface area contributed by atoms with Crippen molar-refractivity contribution < 1.29 is 4.79 Å². The molecule has 2 aliphatic rings. The van der Waals surface area contributed by atoms with E-state index >= 15 is 0 Å². The summed E-state index contributed by atoms with van der Waals surface area (Å²) in [5, 5.41) is 3.26. The quantitative estimate of drug-likeness (QED) is 0.881. The van der Waals surface area contributed by atoms with Gasteiger partial charge in [-0.2, -0.15) is 0 Å². The number of hydrogen-bond acceptors (Lipinski definition) is 2. The Morgan fingerprint density at radius 3 is 2.30 bits per heavy atom. The fraction of sp³-hybridized carbons (Fsp3) is 0.562. The van der Waals surface area contributed by atoms with Crippen LogP contribution in [-0.4, -0.2) is 18.0 Å². The van der Waals surface area contributed by atoms with Crippen LogP contribution >= 0.6 is 12.4 Å². The number of halogens is 1. The van der Waals surface area contributed by atoms with Crippen LogP contribution in [0.15, 0.2) is 30.3 Å². The van der Waals surface area contributed by atoms with Crippen molar-refractivity contribution in [3.8, 4) is 0 Å². The molecule has 3 rings (SSSR count). The van der Waals surface area contributed by atoms with E-state index in [1.165, 1.54) is 19.3 Å². The number of nitrogens with two attached hydrogens (primary N) is 1. The van der Waals surface area contributed by atoms with Gasteiger partial charge in [-0.15, -0.1) is 12.4 Å². The lowest BCUT2D eigenvalue weighted by Gasteiger charge is -2.45. The van der Waals surface area contributed by atoms with Gasteiger partial charge in [0.2, 0.25) is 0 Å². The van der Waals surface area contributed by atoms with Crippen LogP contribution in [0.1, 0.15) is 42.5 Å². The lowest BCUT2D eigenvalue weighted by Crippen LogP contribution is -2.53. The lowest BCUT2D eigenvalue weighted by atomic mass is 9.67. The molecule has 2 unspecified atom stereocenters. The Morgan fingerprint density at radius 1 is 1.10 bits per heavy atom. The Hall–Kier alpha value is -1.06. The molecule has 2 saturated carbocycles. The molecule has 2 aliphatic carbocycles. The SMILES string of the molecule is Cl.NC1CC2CCCC(C1)C2NC(=O)c1ccccc1. The molecule has 20 heavy (non-hydrogen) atoms. The van der Waals surface area contributed by atoms with E-state index in [0.717, 1.165) is 18.4 Å². The van der Waals surface area contributed by atoms with E-state index in [-0.39, 0.29) is 18.3 Å². The number of nitrogens with one attached hydrogen (secondary N) is 1. The van der Waals surface area contributed by atoms with E-state index in [1.807, 2.05) is 30.3 Å². The van der Waals surface area contributed by atoms with Crippen molar-refractivity contribution in [3.05, 3.63) is 35.9 Å². The van der Waals surface area contributed by atoms with Gasteiger partial charge in [-0.1, -0.05) is 24.6 Å². The molecule has 4 heteroatoms. The highest BCUT2D eigenvalue weighted by Crippen LogP contribution is 2.39. The van der Waals surface area contributed by atoms with Gasteiger partial charge in [0, 0.05) is 17.6 Å². The molecule has 0 radical (unpaired) electrons. The molecular weight excluding hydrogens is 272 g/mol. The minimum atomic E-state index is 0. The van der Waals surface area contributed by atoms with Crippen LogP contribution in [0.4, 0.5) is 0 Å². The molecule has 110 valence electrons. The van der Waals surface area contributed by atoms with Gasteiger partial charge in [0.1, 0.15) is 0 Å². The fourth-order valence-electron chi connectivity index (χ4n) is 3.85. The van der Waals surface area contributed by atoms with E-state index < -0.39 is 0 Å². The van der Waals surface area contributed by atoms with Crippen LogP contribution in [-0.2, 0) is 0 Å². The van der Waals surface area contributed by atoms with Crippen molar-refractivity contribution in [1.82, 2.24) is 5.32 Å². The number of rotatable bonds is 2. The van der Waals surface area contributed by atoms with Crippen molar-refractivity contribution >= 4 is 18.3 Å². The van der Waals surface area contributed by atoms with Crippen LogP contribution in [0.25, 0.3) is 0 Å². The monoisotopic (exact) mass is 294 g/mol. The first-order valence-corrected chi connectivity index (χ1v) is 7.35. The van der Waals surface area contributed by atoms with Crippen molar-refractivity contribution in [2.24, 2.45) is 17.6 Å². The molecule has 1 amide bonds. The standard InChI is InChI=1S/C16H22N2O.ClH/c17-14-9-12-7-4-8-13(10-14)15(12)18-16(19)11-5-2-1-3-6-11;/h1-3,5-6,12-15H,4,7-10,17H2,(H,18,19);1H. The van der Waals surface area contributed by atoms with Crippen molar-refractivity contribution in [3.63, 3.8) is 0 Å². The largest absolute Gasteiger partial charge is 0.349 e. The van der Waals surface area contributed by atoms with Gasteiger partial charge in [-0.3, -0.25) is 4.79 Å². The number of hydrogen-bond donors (Lipinski definition) is 2. The van der Waals surface area contributed by atoms with Crippen LogP contribution in [0.3, 0.4) is 0 Å². The maximum atomic E-state index is 12.3. The molecular formula is C16H23ClN2O. The zero-order valence-corrected chi connectivity index (χ0v) is 12.4. The van der Waals surface area contributed by atoms with Crippen molar-refractivity contribution in [2.45, 2.75) is 44.2 Å². The Labute approximate surface area is 126 Å². The van der Waals surface area contributed by atoms with Crippen molar-refractivity contribution in [1.29, 1.82) is 0 Å². The van der Waals surface area contributed by atoms with Gasteiger partial charge in [0.15, 0.2) is 0 Å². The number of fused-ring (bicyclic) bond motifs is 2. The smallest absolute Gasteiger partial charge is 0.251 e. The summed E-state index contributed by atoms with van der Waals surface area (Å²) < 4.78 is 0. The summed E-state index contributed by atoms with van der Waals surface area (Å²) in [6.07, 6.45) is 5.85. The van der Waals surface area contributed by atoms with Gasteiger partial charge < -0.3 is 11.1 Å². The number of benzene rings is 1. The molecule has 0 aromatic heterocycles. The average Bonchev–Trinajstić information content (AvgIpc) is 2.41. The predicted molar refractivity (Wildman–Crippen MR) is 83.0 cm³/mol. The highest BCUT2D eigenvalue weighted by Gasteiger charge is 2.39. The third-order valence-corrected chi connectivity index (χ3v) is 4.71. The summed E-state index contributed by atoms with van der Waals surface area (Å²) in [6, 6.07) is 10.2. The predicted octanol–water partition coefficient (Wildman–Crippen LogP) is 2.74. The highest BCUT2D eigenvalue weighted by molar-refractivity contribution is 5.94. The number of carbonyl (C=O) groups is 1. The summed E-state index contributed by atoms with van der Waals surface area (Å²) >= 11 is 0. The minimum Gasteiger partial charge on any atom is -0.349 e. The number of amides is 1. The highest BCUT2D eigenvalue weighted by atomic mass is 35.5. The van der Waals surface area contributed by atoms with Gasteiger partial charge in [0.05, 0.1) is 0 Å². The third kappa shape index (κ3) is 3.15. The summed E-state index contributed by atoms with van der Waals surface area (Å²) in [6.45, 7) is 0. The second-order valence-electron chi connectivity index (χ2n) is 6.05. The van der Waals surface area contributed by atoms with Crippen molar-refractivity contribution in [2.75, 3.05) is 0 Å². The molecule has 0 aliphatic heterocycles.